The molecule has 3 unspecified atom stereocenters. The quantitative estimate of drug-likeness (QED) is 0.435. The summed E-state index contributed by atoms with van der Waals surface area (Å²) in [5.74, 6) is 2.06. The third-order valence-electron chi connectivity index (χ3n) is 8.89. The number of carbonyl (C=O) groups excluding carboxylic acids is 1. The number of rotatable bonds is 5. The van der Waals surface area contributed by atoms with Gasteiger partial charge in [0.2, 0.25) is 5.91 Å². The first-order chi connectivity index (χ1) is 17.0. The Bertz CT molecular complexity index is 1300. The van der Waals surface area contributed by atoms with E-state index in [-0.39, 0.29) is 11.3 Å². The molecule has 2 fully saturated rings. The molecule has 3 aliphatic carbocycles. The number of amides is 1. The second-order valence-corrected chi connectivity index (χ2v) is 11.9. The van der Waals surface area contributed by atoms with E-state index >= 15 is 0 Å². The number of thiazole rings is 1. The number of oxime groups is 1. The molecule has 2 heterocycles. The van der Waals surface area contributed by atoms with Crippen molar-refractivity contribution in [2.24, 2.45) is 28.3 Å². The molecule has 1 aromatic carbocycles. The predicted octanol–water partition coefficient (Wildman–Crippen LogP) is 6.10. The van der Waals surface area contributed by atoms with Gasteiger partial charge in [0.1, 0.15) is 12.6 Å². The zero-order chi connectivity index (χ0) is 24.2. The van der Waals surface area contributed by atoms with Gasteiger partial charge in [0.15, 0.2) is 17.1 Å². The average Bonchev–Trinajstić information content (AvgIpc) is 3.55. The number of hydrogen-bond acceptors (Lipinski definition) is 7. The van der Waals surface area contributed by atoms with Crippen LogP contribution in [0.1, 0.15) is 67.4 Å². The summed E-state index contributed by atoms with van der Waals surface area (Å²) in [5.41, 5.74) is 5.96. The summed E-state index contributed by atoms with van der Waals surface area (Å²) in [6.45, 7) is 4.39. The number of oxazole rings is 1. The van der Waals surface area contributed by atoms with E-state index in [1.54, 1.807) is 19.7 Å². The van der Waals surface area contributed by atoms with Crippen LogP contribution >= 0.6 is 11.3 Å². The van der Waals surface area contributed by atoms with Crippen LogP contribution in [0, 0.1) is 30.1 Å². The van der Waals surface area contributed by atoms with Gasteiger partial charge in [-0.1, -0.05) is 18.1 Å². The van der Waals surface area contributed by atoms with Crippen LogP contribution in [-0.4, -0.2) is 28.7 Å². The summed E-state index contributed by atoms with van der Waals surface area (Å²) < 4.78 is 5.58. The molecule has 2 aromatic heterocycles. The number of aromatic nitrogens is 2. The van der Waals surface area contributed by atoms with Gasteiger partial charge < -0.3 is 14.6 Å². The number of fused-ring (bicyclic) bond motifs is 7. The number of hydrogen-bond donors (Lipinski definition) is 1. The summed E-state index contributed by atoms with van der Waals surface area (Å²) in [4.78, 5) is 28.0. The van der Waals surface area contributed by atoms with E-state index in [2.05, 4.69) is 39.5 Å². The normalized spacial score (nSPS) is 30.7. The minimum absolute atomic E-state index is 0.0280. The summed E-state index contributed by atoms with van der Waals surface area (Å²) in [5, 5.41) is 8.20. The molecule has 7 nitrogen and oxygen atoms in total. The number of benzene rings is 1. The predicted molar refractivity (Wildman–Crippen MR) is 137 cm³/mol. The van der Waals surface area contributed by atoms with Gasteiger partial charge in [0.05, 0.1) is 5.71 Å². The third kappa shape index (κ3) is 3.77. The zero-order valence-corrected chi connectivity index (χ0v) is 21.4. The molecule has 1 amide bonds. The highest BCUT2D eigenvalue weighted by molar-refractivity contribution is 7.15. The Balaban J connectivity index is 1.26. The molecule has 6 rings (SSSR count). The van der Waals surface area contributed by atoms with Crippen LogP contribution in [0.4, 0.5) is 5.13 Å². The first kappa shape index (κ1) is 22.7. The highest BCUT2D eigenvalue weighted by Gasteiger charge is 2.57. The summed E-state index contributed by atoms with van der Waals surface area (Å²) >= 11 is 1.52. The van der Waals surface area contributed by atoms with Crippen molar-refractivity contribution in [2.45, 2.75) is 64.7 Å². The van der Waals surface area contributed by atoms with Crippen LogP contribution in [0.5, 0.6) is 0 Å². The maximum Gasteiger partial charge on any atom is 0.226 e. The van der Waals surface area contributed by atoms with Gasteiger partial charge in [-0.25, -0.2) is 9.97 Å². The van der Waals surface area contributed by atoms with Crippen molar-refractivity contribution in [1.29, 1.82) is 0 Å². The molecule has 0 radical (unpaired) electrons. The standard InChI is InChI=1S/C27H32N4O3S/c1-15-13-28-26(35-15)30-23(32)9-4-16-12-22(31-33-3)27(2)11-10-18-17-7-8-21-25(29-14-34-21)20(17)6-5-19(18)24(16)27/h7-8,13-14,16,18-19,24H,4-6,9-12H2,1-3H3,(H,28,30,32)/t16-,18?,19?,24?,27-/m1/s1. The van der Waals surface area contributed by atoms with Gasteiger partial charge in [0, 0.05) is 22.9 Å². The highest BCUT2D eigenvalue weighted by Crippen LogP contribution is 2.62. The molecule has 5 atom stereocenters. The molecule has 1 N–H and O–H groups in total. The lowest BCUT2D eigenvalue weighted by molar-refractivity contribution is -0.116. The first-order valence-corrected chi connectivity index (χ1v) is 13.5. The fraction of sp³-hybridized carbons (Fsp3) is 0.556. The Kier molecular flexibility index (Phi) is 5.66. The second kappa shape index (κ2) is 8.73. The van der Waals surface area contributed by atoms with Gasteiger partial charge in [-0.05, 0) is 86.3 Å². The number of nitrogens with one attached hydrogen (secondary N) is 1. The van der Waals surface area contributed by atoms with Crippen molar-refractivity contribution in [1.82, 2.24) is 9.97 Å². The second-order valence-electron chi connectivity index (χ2n) is 10.7. The van der Waals surface area contributed by atoms with Crippen LogP contribution in [0.25, 0.3) is 11.1 Å². The Morgan fingerprint density at radius 1 is 1.34 bits per heavy atom. The maximum atomic E-state index is 12.8. The van der Waals surface area contributed by atoms with Crippen molar-refractivity contribution >= 4 is 39.2 Å². The minimum atomic E-state index is 0.0280. The van der Waals surface area contributed by atoms with E-state index < -0.39 is 0 Å². The Hall–Kier alpha value is -2.74. The molecule has 2 saturated carbocycles. The molecule has 0 spiro atoms. The molecule has 0 aliphatic heterocycles. The molecule has 0 bridgehead atoms. The number of aryl methyl sites for hydroxylation is 2. The van der Waals surface area contributed by atoms with Crippen LogP contribution in [0.3, 0.4) is 0 Å². The summed E-state index contributed by atoms with van der Waals surface area (Å²) in [7, 11) is 1.65. The molecule has 35 heavy (non-hydrogen) atoms. The molecule has 3 aliphatic rings. The molecule has 0 saturated heterocycles. The summed E-state index contributed by atoms with van der Waals surface area (Å²) in [6, 6.07) is 4.37. The largest absolute Gasteiger partial charge is 0.443 e. The number of anilines is 1. The average molecular weight is 493 g/mol. The smallest absolute Gasteiger partial charge is 0.226 e. The fourth-order valence-electron chi connectivity index (χ4n) is 7.51. The molecule has 3 aromatic rings. The zero-order valence-electron chi connectivity index (χ0n) is 20.5. The third-order valence-corrected chi connectivity index (χ3v) is 9.72. The van der Waals surface area contributed by atoms with E-state index in [1.807, 2.05) is 6.92 Å². The van der Waals surface area contributed by atoms with Crippen molar-refractivity contribution in [3.63, 3.8) is 0 Å². The first-order valence-electron chi connectivity index (χ1n) is 12.7. The SMILES string of the molecule is CON=C1C[C@@H](CCC(=O)Nc2ncc(C)s2)C2C3CCc4c(ccc5ocnc45)C3CC[C@]12C. The Labute approximate surface area is 209 Å². The number of carbonyl (C=O) groups is 1. The number of nitrogens with zero attached hydrogens (tertiary/aromatic N) is 3. The van der Waals surface area contributed by atoms with Gasteiger partial charge >= 0.3 is 0 Å². The lowest BCUT2D eigenvalue weighted by atomic mass is 9.54. The lowest BCUT2D eigenvalue weighted by Crippen LogP contribution is -2.44. The van der Waals surface area contributed by atoms with Crippen LogP contribution in [0.15, 0.2) is 34.3 Å². The molecular weight excluding hydrogens is 460 g/mol. The van der Waals surface area contributed by atoms with E-state index in [1.165, 1.54) is 28.2 Å². The Morgan fingerprint density at radius 2 is 2.23 bits per heavy atom. The maximum absolute atomic E-state index is 12.8. The molecule has 184 valence electrons. The molecule has 8 heteroatoms. The van der Waals surface area contributed by atoms with Crippen molar-refractivity contribution in [3.05, 3.63) is 40.7 Å². The Morgan fingerprint density at radius 3 is 3.03 bits per heavy atom. The minimum Gasteiger partial charge on any atom is -0.443 e. The van der Waals surface area contributed by atoms with Crippen LogP contribution in [-0.2, 0) is 16.1 Å². The van der Waals surface area contributed by atoms with Gasteiger partial charge in [-0.2, -0.15) is 0 Å². The van der Waals surface area contributed by atoms with Crippen LogP contribution in [0.2, 0.25) is 0 Å². The van der Waals surface area contributed by atoms with E-state index in [0.717, 1.165) is 54.5 Å². The van der Waals surface area contributed by atoms with E-state index in [0.29, 0.717) is 35.2 Å². The van der Waals surface area contributed by atoms with Crippen molar-refractivity contribution < 1.29 is 14.0 Å². The van der Waals surface area contributed by atoms with Crippen molar-refractivity contribution in [3.8, 4) is 0 Å². The fourth-order valence-corrected chi connectivity index (χ4v) is 8.19. The lowest BCUT2D eigenvalue weighted by Gasteiger charge is -2.50. The topological polar surface area (TPSA) is 89.6 Å². The highest BCUT2D eigenvalue weighted by atomic mass is 32.1. The summed E-state index contributed by atoms with van der Waals surface area (Å²) in [6.07, 6.45) is 10.1. The van der Waals surface area contributed by atoms with E-state index in [4.69, 9.17) is 9.25 Å². The van der Waals surface area contributed by atoms with E-state index in [9.17, 15) is 4.79 Å². The van der Waals surface area contributed by atoms with Gasteiger partial charge in [-0.3, -0.25) is 4.79 Å². The monoisotopic (exact) mass is 492 g/mol. The van der Waals surface area contributed by atoms with Gasteiger partial charge in [-0.15, -0.1) is 11.3 Å². The van der Waals surface area contributed by atoms with Gasteiger partial charge in [0.25, 0.3) is 0 Å². The van der Waals surface area contributed by atoms with Crippen LogP contribution < -0.4 is 5.32 Å². The van der Waals surface area contributed by atoms with Crippen molar-refractivity contribution in [2.75, 3.05) is 12.4 Å². The molecular formula is C27H32N4O3S.